The van der Waals surface area contributed by atoms with Gasteiger partial charge in [0.15, 0.2) is 0 Å². The SMILES string of the molecule is CNC(c1ccc(OC)c(C)c1)c1ccc(Cl)cc1OC. The summed E-state index contributed by atoms with van der Waals surface area (Å²) in [7, 11) is 5.26. The molecule has 0 fully saturated rings. The van der Waals surface area contributed by atoms with Gasteiger partial charge in [-0.05, 0) is 43.3 Å². The van der Waals surface area contributed by atoms with Crippen LogP contribution in [0.1, 0.15) is 22.7 Å². The number of ether oxygens (including phenoxy) is 2. The lowest BCUT2D eigenvalue weighted by Crippen LogP contribution is -2.18. The first-order valence-electron chi connectivity index (χ1n) is 6.76. The lowest BCUT2D eigenvalue weighted by molar-refractivity contribution is 0.405. The van der Waals surface area contributed by atoms with Gasteiger partial charge in [-0.2, -0.15) is 0 Å². The van der Waals surface area contributed by atoms with Gasteiger partial charge in [-0.1, -0.05) is 29.8 Å². The van der Waals surface area contributed by atoms with Crippen LogP contribution in [0.4, 0.5) is 0 Å². The van der Waals surface area contributed by atoms with Crippen molar-refractivity contribution in [3.8, 4) is 11.5 Å². The second-order valence-corrected chi connectivity index (χ2v) is 5.27. The zero-order valence-electron chi connectivity index (χ0n) is 12.7. The van der Waals surface area contributed by atoms with Crippen molar-refractivity contribution in [3.63, 3.8) is 0 Å². The maximum Gasteiger partial charge on any atom is 0.125 e. The molecule has 0 radical (unpaired) electrons. The molecule has 3 nitrogen and oxygen atoms in total. The molecule has 0 bridgehead atoms. The second-order valence-electron chi connectivity index (χ2n) is 4.84. The Morgan fingerprint density at radius 1 is 1.00 bits per heavy atom. The monoisotopic (exact) mass is 305 g/mol. The second kappa shape index (κ2) is 6.83. The van der Waals surface area contributed by atoms with Crippen LogP contribution in [0, 0.1) is 6.92 Å². The fourth-order valence-electron chi connectivity index (χ4n) is 2.51. The molecule has 0 aliphatic heterocycles. The number of methoxy groups -OCH3 is 2. The van der Waals surface area contributed by atoms with Crippen molar-refractivity contribution in [2.75, 3.05) is 21.3 Å². The van der Waals surface area contributed by atoms with E-state index in [0.717, 1.165) is 28.2 Å². The van der Waals surface area contributed by atoms with Crippen molar-refractivity contribution in [3.05, 3.63) is 58.1 Å². The lowest BCUT2D eigenvalue weighted by atomic mass is 9.96. The first-order valence-corrected chi connectivity index (χ1v) is 7.13. The molecule has 2 aromatic rings. The molecule has 0 aliphatic rings. The first-order chi connectivity index (χ1) is 10.1. The number of benzene rings is 2. The third-order valence-electron chi connectivity index (χ3n) is 3.55. The van der Waals surface area contributed by atoms with E-state index < -0.39 is 0 Å². The highest BCUT2D eigenvalue weighted by Gasteiger charge is 2.17. The Kier molecular flexibility index (Phi) is 5.10. The number of hydrogen-bond donors (Lipinski definition) is 1. The van der Waals surface area contributed by atoms with Crippen LogP contribution in [0.5, 0.6) is 11.5 Å². The van der Waals surface area contributed by atoms with Gasteiger partial charge in [-0.25, -0.2) is 0 Å². The number of rotatable bonds is 5. The van der Waals surface area contributed by atoms with Crippen molar-refractivity contribution < 1.29 is 9.47 Å². The Morgan fingerprint density at radius 3 is 2.29 bits per heavy atom. The molecule has 1 N–H and O–H groups in total. The van der Waals surface area contributed by atoms with E-state index in [1.165, 1.54) is 0 Å². The van der Waals surface area contributed by atoms with E-state index in [2.05, 4.69) is 17.4 Å². The smallest absolute Gasteiger partial charge is 0.125 e. The van der Waals surface area contributed by atoms with Crippen LogP contribution in [0.3, 0.4) is 0 Å². The molecule has 0 saturated carbocycles. The topological polar surface area (TPSA) is 30.5 Å². The first kappa shape index (κ1) is 15.7. The van der Waals surface area contributed by atoms with Crippen LogP contribution in [-0.2, 0) is 0 Å². The van der Waals surface area contributed by atoms with Crippen LogP contribution in [0.25, 0.3) is 0 Å². The van der Waals surface area contributed by atoms with E-state index in [1.54, 1.807) is 14.2 Å². The highest BCUT2D eigenvalue weighted by Crippen LogP contribution is 2.33. The zero-order valence-corrected chi connectivity index (χ0v) is 13.5. The largest absolute Gasteiger partial charge is 0.496 e. The summed E-state index contributed by atoms with van der Waals surface area (Å²) in [4.78, 5) is 0. The van der Waals surface area contributed by atoms with Gasteiger partial charge < -0.3 is 14.8 Å². The maximum absolute atomic E-state index is 6.04. The Labute approximate surface area is 130 Å². The molecule has 1 unspecified atom stereocenters. The molecule has 21 heavy (non-hydrogen) atoms. The summed E-state index contributed by atoms with van der Waals surface area (Å²) in [6.07, 6.45) is 0. The highest BCUT2D eigenvalue weighted by molar-refractivity contribution is 6.30. The van der Waals surface area contributed by atoms with E-state index in [4.69, 9.17) is 21.1 Å². The molecule has 0 spiro atoms. The van der Waals surface area contributed by atoms with E-state index in [0.29, 0.717) is 5.02 Å². The third kappa shape index (κ3) is 3.31. The van der Waals surface area contributed by atoms with Gasteiger partial charge in [0.25, 0.3) is 0 Å². The van der Waals surface area contributed by atoms with Crippen molar-refractivity contribution in [1.82, 2.24) is 5.32 Å². The molecule has 0 aliphatic carbocycles. The van der Waals surface area contributed by atoms with Gasteiger partial charge in [-0.3, -0.25) is 0 Å². The molecule has 2 aromatic carbocycles. The molecule has 1 atom stereocenters. The third-order valence-corrected chi connectivity index (χ3v) is 3.78. The van der Waals surface area contributed by atoms with Crippen molar-refractivity contribution in [2.45, 2.75) is 13.0 Å². The number of aryl methyl sites for hydroxylation is 1. The molecule has 0 heterocycles. The quantitative estimate of drug-likeness (QED) is 0.906. The Morgan fingerprint density at radius 2 is 1.71 bits per heavy atom. The maximum atomic E-state index is 6.04. The van der Waals surface area contributed by atoms with Crippen molar-refractivity contribution in [1.29, 1.82) is 0 Å². The van der Waals surface area contributed by atoms with E-state index in [9.17, 15) is 0 Å². The van der Waals surface area contributed by atoms with Crippen molar-refractivity contribution in [2.24, 2.45) is 0 Å². The average Bonchev–Trinajstić information content (AvgIpc) is 2.49. The summed E-state index contributed by atoms with van der Waals surface area (Å²) in [6, 6.07) is 11.9. The molecular weight excluding hydrogens is 286 g/mol. The van der Waals surface area contributed by atoms with E-state index >= 15 is 0 Å². The van der Waals surface area contributed by atoms with Gasteiger partial charge in [0.2, 0.25) is 0 Å². The fourth-order valence-corrected chi connectivity index (χ4v) is 2.67. The average molecular weight is 306 g/mol. The number of nitrogens with one attached hydrogen (secondary N) is 1. The summed E-state index contributed by atoms with van der Waals surface area (Å²) >= 11 is 6.04. The van der Waals surface area contributed by atoms with Crippen LogP contribution < -0.4 is 14.8 Å². The fraction of sp³-hybridized carbons (Fsp3) is 0.294. The Hall–Kier alpha value is -1.71. The molecule has 0 amide bonds. The van der Waals surface area contributed by atoms with Crippen LogP contribution >= 0.6 is 11.6 Å². The summed E-state index contributed by atoms with van der Waals surface area (Å²) < 4.78 is 10.8. The molecule has 0 saturated heterocycles. The minimum atomic E-state index is 0.0295. The van der Waals surface area contributed by atoms with Gasteiger partial charge in [0.05, 0.1) is 20.3 Å². The minimum Gasteiger partial charge on any atom is -0.496 e. The predicted octanol–water partition coefficient (Wildman–Crippen LogP) is 3.97. The normalized spacial score (nSPS) is 12.0. The summed E-state index contributed by atoms with van der Waals surface area (Å²) in [5, 5.41) is 3.99. The standard InChI is InChI=1S/C17H20ClNO2/c1-11-9-12(5-8-15(11)20-3)17(19-2)14-7-6-13(18)10-16(14)21-4/h5-10,17,19H,1-4H3. The van der Waals surface area contributed by atoms with Gasteiger partial charge in [0, 0.05) is 10.6 Å². The van der Waals surface area contributed by atoms with Crippen LogP contribution in [0.2, 0.25) is 5.02 Å². The number of hydrogen-bond acceptors (Lipinski definition) is 3. The minimum absolute atomic E-state index is 0.0295. The van der Waals surface area contributed by atoms with E-state index in [-0.39, 0.29) is 6.04 Å². The molecule has 0 aromatic heterocycles. The highest BCUT2D eigenvalue weighted by atomic mass is 35.5. The number of halogens is 1. The Bertz CT molecular complexity index is 628. The van der Waals surface area contributed by atoms with Gasteiger partial charge in [0.1, 0.15) is 11.5 Å². The zero-order chi connectivity index (χ0) is 15.4. The summed E-state index contributed by atoms with van der Waals surface area (Å²) in [6.45, 7) is 2.04. The molecule has 4 heteroatoms. The van der Waals surface area contributed by atoms with Crippen molar-refractivity contribution >= 4 is 11.6 Å². The molecule has 112 valence electrons. The van der Waals surface area contributed by atoms with E-state index in [1.807, 2.05) is 38.2 Å². The summed E-state index contributed by atoms with van der Waals surface area (Å²) in [5.74, 6) is 1.66. The Balaban J connectivity index is 2.46. The predicted molar refractivity (Wildman–Crippen MR) is 86.6 cm³/mol. The molecule has 2 rings (SSSR count). The lowest BCUT2D eigenvalue weighted by Gasteiger charge is -2.21. The van der Waals surface area contributed by atoms with Gasteiger partial charge >= 0.3 is 0 Å². The van der Waals surface area contributed by atoms with Crippen LogP contribution in [0.15, 0.2) is 36.4 Å². The molecular formula is C17H20ClNO2. The van der Waals surface area contributed by atoms with Crippen LogP contribution in [-0.4, -0.2) is 21.3 Å². The van der Waals surface area contributed by atoms with Gasteiger partial charge in [-0.15, -0.1) is 0 Å². The summed E-state index contributed by atoms with van der Waals surface area (Å²) in [5.41, 5.74) is 3.30.